The van der Waals surface area contributed by atoms with Crippen LogP contribution in [0.4, 0.5) is 0 Å². The normalized spacial score (nSPS) is 16.6. The summed E-state index contributed by atoms with van der Waals surface area (Å²) in [7, 11) is 0. The van der Waals surface area contributed by atoms with Crippen molar-refractivity contribution in [2.45, 2.75) is 52.1 Å². The number of aryl methyl sites for hydroxylation is 2. The molecular formula is C13H21N3O2. The quantitative estimate of drug-likeness (QED) is 0.806. The molecule has 100 valence electrons. The van der Waals surface area contributed by atoms with Gasteiger partial charge in [0.2, 0.25) is 5.91 Å². The number of nitrogens with zero attached hydrogens (tertiary/aromatic N) is 1. The van der Waals surface area contributed by atoms with Crippen LogP contribution in [0.1, 0.15) is 49.2 Å². The molecule has 0 aliphatic heterocycles. The first-order valence-electron chi connectivity index (χ1n) is 6.53. The van der Waals surface area contributed by atoms with E-state index in [1.54, 1.807) is 0 Å². The fourth-order valence-electron chi connectivity index (χ4n) is 2.17. The zero-order valence-electron chi connectivity index (χ0n) is 11.2. The van der Waals surface area contributed by atoms with E-state index in [0.717, 1.165) is 23.6 Å². The highest BCUT2D eigenvalue weighted by Crippen LogP contribution is 2.21. The monoisotopic (exact) mass is 251 g/mol. The molecule has 1 aliphatic carbocycles. The highest BCUT2D eigenvalue weighted by molar-refractivity contribution is 5.76. The van der Waals surface area contributed by atoms with Gasteiger partial charge in [-0.05, 0) is 33.6 Å². The third kappa shape index (κ3) is 3.32. The van der Waals surface area contributed by atoms with Crippen LogP contribution >= 0.6 is 0 Å². The Morgan fingerprint density at radius 2 is 2.22 bits per heavy atom. The Labute approximate surface area is 107 Å². The molecule has 2 rings (SSSR count). The van der Waals surface area contributed by atoms with Crippen LogP contribution < -0.4 is 10.6 Å². The van der Waals surface area contributed by atoms with Crippen LogP contribution in [-0.4, -0.2) is 23.7 Å². The van der Waals surface area contributed by atoms with Crippen molar-refractivity contribution in [2.24, 2.45) is 0 Å². The minimum Gasteiger partial charge on any atom is -0.361 e. The van der Waals surface area contributed by atoms with Gasteiger partial charge < -0.3 is 15.2 Å². The van der Waals surface area contributed by atoms with Gasteiger partial charge in [-0.2, -0.15) is 0 Å². The first-order chi connectivity index (χ1) is 8.58. The zero-order valence-corrected chi connectivity index (χ0v) is 11.2. The van der Waals surface area contributed by atoms with Gasteiger partial charge in [0, 0.05) is 24.6 Å². The van der Waals surface area contributed by atoms with Crippen molar-refractivity contribution in [1.29, 1.82) is 0 Å². The summed E-state index contributed by atoms with van der Waals surface area (Å²) in [6.45, 7) is 6.47. The van der Waals surface area contributed by atoms with Gasteiger partial charge in [0.05, 0.1) is 11.7 Å². The largest absolute Gasteiger partial charge is 0.361 e. The lowest BCUT2D eigenvalue weighted by atomic mass is 10.1. The Kier molecular flexibility index (Phi) is 4.01. The molecule has 1 fully saturated rings. The van der Waals surface area contributed by atoms with Crippen LogP contribution in [-0.2, 0) is 4.79 Å². The zero-order chi connectivity index (χ0) is 13.1. The van der Waals surface area contributed by atoms with Crippen molar-refractivity contribution in [1.82, 2.24) is 15.8 Å². The molecule has 1 saturated carbocycles. The molecule has 1 heterocycles. The third-order valence-electron chi connectivity index (χ3n) is 3.26. The fraction of sp³-hybridized carbons (Fsp3) is 0.692. The van der Waals surface area contributed by atoms with Gasteiger partial charge in [-0.25, -0.2) is 0 Å². The van der Waals surface area contributed by atoms with E-state index in [4.69, 9.17) is 4.52 Å². The molecule has 1 amide bonds. The average Bonchev–Trinajstić information content (AvgIpc) is 3.04. The van der Waals surface area contributed by atoms with Crippen molar-refractivity contribution in [3.05, 3.63) is 17.0 Å². The lowest BCUT2D eigenvalue weighted by Crippen LogP contribution is -2.30. The second-order valence-electron chi connectivity index (χ2n) is 5.01. The highest BCUT2D eigenvalue weighted by atomic mass is 16.5. The van der Waals surface area contributed by atoms with Gasteiger partial charge in [-0.1, -0.05) is 5.16 Å². The fourth-order valence-corrected chi connectivity index (χ4v) is 2.17. The number of hydrogen-bond donors (Lipinski definition) is 2. The molecule has 5 nitrogen and oxygen atoms in total. The van der Waals surface area contributed by atoms with E-state index in [-0.39, 0.29) is 11.9 Å². The van der Waals surface area contributed by atoms with Gasteiger partial charge in [0.1, 0.15) is 5.76 Å². The summed E-state index contributed by atoms with van der Waals surface area (Å²) in [4.78, 5) is 11.8. The first kappa shape index (κ1) is 13.1. The van der Waals surface area contributed by atoms with Gasteiger partial charge in [-0.15, -0.1) is 0 Å². The number of amides is 1. The number of hydrogen-bond acceptors (Lipinski definition) is 4. The second-order valence-corrected chi connectivity index (χ2v) is 5.01. The van der Waals surface area contributed by atoms with E-state index < -0.39 is 0 Å². The summed E-state index contributed by atoms with van der Waals surface area (Å²) in [6, 6.07) is 0.600. The van der Waals surface area contributed by atoms with E-state index >= 15 is 0 Å². The Morgan fingerprint density at radius 3 is 2.78 bits per heavy atom. The first-order valence-corrected chi connectivity index (χ1v) is 6.53. The predicted molar refractivity (Wildman–Crippen MR) is 68.2 cm³/mol. The maximum atomic E-state index is 11.8. The molecule has 0 spiro atoms. The predicted octanol–water partition coefficient (Wildman–Crippen LogP) is 1.61. The summed E-state index contributed by atoms with van der Waals surface area (Å²) in [6.07, 6.45) is 3.01. The smallest absolute Gasteiger partial charge is 0.221 e. The van der Waals surface area contributed by atoms with Crippen molar-refractivity contribution in [3.63, 3.8) is 0 Å². The molecule has 1 unspecified atom stereocenters. The topological polar surface area (TPSA) is 67.2 Å². The number of carbonyl (C=O) groups is 1. The average molecular weight is 251 g/mol. The Balaban J connectivity index is 1.78. The molecule has 1 aliphatic rings. The molecule has 1 atom stereocenters. The summed E-state index contributed by atoms with van der Waals surface area (Å²) in [5.41, 5.74) is 1.83. The molecule has 18 heavy (non-hydrogen) atoms. The molecule has 1 aromatic heterocycles. The van der Waals surface area contributed by atoms with Crippen LogP contribution in [0, 0.1) is 13.8 Å². The molecule has 1 aromatic rings. The molecule has 0 saturated heterocycles. The second kappa shape index (κ2) is 5.52. The maximum Gasteiger partial charge on any atom is 0.221 e. The summed E-state index contributed by atoms with van der Waals surface area (Å²) < 4.78 is 5.11. The van der Waals surface area contributed by atoms with E-state index in [2.05, 4.69) is 15.8 Å². The van der Waals surface area contributed by atoms with E-state index in [1.807, 2.05) is 20.8 Å². The highest BCUT2D eigenvalue weighted by Gasteiger charge is 2.21. The minimum absolute atomic E-state index is 0.0512. The SMILES string of the molecule is Cc1noc(C)c1C(C)NC(=O)CCNC1CC1. The number of carbonyl (C=O) groups excluding carboxylic acids is 1. The van der Waals surface area contributed by atoms with Crippen molar-refractivity contribution in [2.75, 3.05) is 6.54 Å². The maximum absolute atomic E-state index is 11.8. The summed E-state index contributed by atoms with van der Waals surface area (Å²) >= 11 is 0. The number of rotatable bonds is 6. The van der Waals surface area contributed by atoms with Gasteiger partial charge in [0.15, 0.2) is 0 Å². The Hall–Kier alpha value is -1.36. The van der Waals surface area contributed by atoms with Crippen LogP contribution in [0.5, 0.6) is 0 Å². The molecule has 2 N–H and O–H groups in total. The van der Waals surface area contributed by atoms with Crippen LogP contribution in [0.3, 0.4) is 0 Å². The van der Waals surface area contributed by atoms with Crippen LogP contribution in [0.15, 0.2) is 4.52 Å². The van der Waals surface area contributed by atoms with E-state index in [0.29, 0.717) is 12.5 Å². The van der Waals surface area contributed by atoms with Crippen LogP contribution in [0.2, 0.25) is 0 Å². The number of aromatic nitrogens is 1. The standard InChI is InChI=1S/C13H21N3O2/c1-8(13-9(2)16-18-10(13)3)15-12(17)6-7-14-11-4-5-11/h8,11,14H,4-7H2,1-3H3,(H,15,17). The third-order valence-corrected chi connectivity index (χ3v) is 3.26. The molecule has 5 heteroatoms. The number of nitrogens with one attached hydrogen (secondary N) is 2. The van der Waals surface area contributed by atoms with Crippen molar-refractivity contribution >= 4 is 5.91 Å². The Morgan fingerprint density at radius 1 is 1.50 bits per heavy atom. The van der Waals surface area contributed by atoms with Gasteiger partial charge >= 0.3 is 0 Å². The van der Waals surface area contributed by atoms with Crippen molar-refractivity contribution in [3.8, 4) is 0 Å². The Bertz CT molecular complexity index is 404. The molecule has 0 aromatic carbocycles. The molecular weight excluding hydrogens is 230 g/mol. The summed E-state index contributed by atoms with van der Waals surface area (Å²) in [5.74, 6) is 0.840. The van der Waals surface area contributed by atoms with Crippen LogP contribution in [0.25, 0.3) is 0 Å². The van der Waals surface area contributed by atoms with Crippen molar-refractivity contribution < 1.29 is 9.32 Å². The molecule has 0 radical (unpaired) electrons. The minimum atomic E-state index is -0.0512. The van der Waals surface area contributed by atoms with Gasteiger partial charge in [0.25, 0.3) is 0 Å². The van der Waals surface area contributed by atoms with Gasteiger partial charge in [-0.3, -0.25) is 4.79 Å². The lowest BCUT2D eigenvalue weighted by molar-refractivity contribution is -0.121. The van der Waals surface area contributed by atoms with E-state index in [1.165, 1.54) is 12.8 Å². The van der Waals surface area contributed by atoms with E-state index in [9.17, 15) is 4.79 Å². The molecule has 0 bridgehead atoms. The summed E-state index contributed by atoms with van der Waals surface area (Å²) in [5, 5.41) is 10.2. The lowest BCUT2D eigenvalue weighted by Gasteiger charge is -2.13.